The molecule has 0 bridgehead atoms. The quantitative estimate of drug-likeness (QED) is 0.203. The molecular weight excluding hydrogens is 487 g/mol. The minimum Gasteiger partial charge on any atom is -0.378 e. The van der Waals surface area contributed by atoms with Crippen LogP contribution in [0.15, 0.2) is 53.5 Å². The van der Waals surface area contributed by atoms with E-state index in [-0.39, 0.29) is 24.0 Å². The number of hydrogen-bond donors (Lipinski definition) is 2. The normalized spacial score (nSPS) is 11.3. The van der Waals surface area contributed by atoms with Crippen LogP contribution in [0.25, 0.3) is 11.0 Å². The molecule has 0 saturated heterocycles. The molecular formula is C23H33IN6. The number of rotatable bonds is 8. The van der Waals surface area contributed by atoms with Crippen molar-refractivity contribution in [3.8, 4) is 0 Å². The van der Waals surface area contributed by atoms with Crippen LogP contribution in [-0.4, -0.2) is 42.7 Å². The van der Waals surface area contributed by atoms with Crippen molar-refractivity contribution in [3.63, 3.8) is 0 Å². The van der Waals surface area contributed by atoms with Crippen molar-refractivity contribution < 1.29 is 0 Å². The number of nitrogens with one attached hydrogen (secondary N) is 2. The third-order valence-corrected chi connectivity index (χ3v) is 4.89. The van der Waals surface area contributed by atoms with Gasteiger partial charge in [0.1, 0.15) is 5.82 Å². The monoisotopic (exact) mass is 520 g/mol. The van der Waals surface area contributed by atoms with Crippen molar-refractivity contribution in [1.29, 1.82) is 0 Å². The van der Waals surface area contributed by atoms with Gasteiger partial charge in [0.2, 0.25) is 0 Å². The van der Waals surface area contributed by atoms with Crippen molar-refractivity contribution in [3.05, 3.63) is 59.9 Å². The van der Waals surface area contributed by atoms with Crippen LogP contribution in [-0.2, 0) is 13.1 Å². The Labute approximate surface area is 196 Å². The number of anilines is 1. The van der Waals surface area contributed by atoms with Crippen LogP contribution in [0.3, 0.4) is 0 Å². The summed E-state index contributed by atoms with van der Waals surface area (Å²) in [6.45, 7) is 7.45. The lowest BCUT2D eigenvalue weighted by Gasteiger charge is -2.14. The molecule has 6 nitrogen and oxygen atoms in total. The molecule has 2 N–H and O–H groups in total. The van der Waals surface area contributed by atoms with Crippen molar-refractivity contribution in [2.75, 3.05) is 32.1 Å². The van der Waals surface area contributed by atoms with Crippen LogP contribution in [0.1, 0.15) is 24.7 Å². The van der Waals surface area contributed by atoms with Gasteiger partial charge in [-0.15, -0.1) is 24.0 Å². The van der Waals surface area contributed by atoms with Crippen LogP contribution in [0.5, 0.6) is 0 Å². The minimum absolute atomic E-state index is 0. The van der Waals surface area contributed by atoms with E-state index in [0.717, 1.165) is 43.4 Å². The Morgan fingerprint density at radius 1 is 1.10 bits per heavy atom. The van der Waals surface area contributed by atoms with E-state index in [9.17, 15) is 0 Å². The number of para-hydroxylation sites is 2. The standard InChI is InChI=1S/C23H32N6.HI/c1-5-24-23(26-17-19-10-8-11-20(16-19)28(3)4)25-14-9-15-29-18(2)27-21-12-6-7-13-22(21)29;/h6-8,10-13,16H,5,9,14-15,17H2,1-4H3,(H2,24,25,26);1H. The van der Waals surface area contributed by atoms with E-state index in [1.807, 2.05) is 6.07 Å². The van der Waals surface area contributed by atoms with Gasteiger partial charge in [0, 0.05) is 39.4 Å². The van der Waals surface area contributed by atoms with Crippen molar-refractivity contribution in [1.82, 2.24) is 20.2 Å². The largest absolute Gasteiger partial charge is 0.378 e. The maximum atomic E-state index is 4.74. The second-order valence-corrected chi connectivity index (χ2v) is 7.34. The number of hydrogen-bond acceptors (Lipinski definition) is 3. The second kappa shape index (κ2) is 11.8. The number of benzene rings is 2. The van der Waals surface area contributed by atoms with Gasteiger partial charge in [-0.1, -0.05) is 24.3 Å². The van der Waals surface area contributed by atoms with Gasteiger partial charge in [0.25, 0.3) is 0 Å². The summed E-state index contributed by atoms with van der Waals surface area (Å²) >= 11 is 0. The maximum absolute atomic E-state index is 4.74. The summed E-state index contributed by atoms with van der Waals surface area (Å²) in [5, 5.41) is 6.79. The zero-order valence-electron chi connectivity index (χ0n) is 18.4. The Hall–Kier alpha value is -2.29. The maximum Gasteiger partial charge on any atom is 0.191 e. The van der Waals surface area contributed by atoms with Crippen molar-refractivity contribution in [2.24, 2.45) is 4.99 Å². The molecule has 0 unspecified atom stereocenters. The zero-order valence-corrected chi connectivity index (χ0v) is 20.7. The van der Waals surface area contributed by atoms with Gasteiger partial charge in [0.15, 0.2) is 5.96 Å². The highest BCUT2D eigenvalue weighted by Gasteiger charge is 2.06. The molecule has 30 heavy (non-hydrogen) atoms. The number of fused-ring (bicyclic) bond motifs is 1. The molecule has 3 rings (SSSR count). The Kier molecular flexibility index (Phi) is 9.42. The van der Waals surface area contributed by atoms with Crippen LogP contribution < -0.4 is 15.5 Å². The zero-order chi connectivity index (χ0) is 20.6. The highest BCUT2D eigenvalue weighted by Crippen LogP contribution is 2.16. The van der Waals surface area contributed by atoms with E-state index in [2.05, 4.69) is 95.5 Å². The number of nitrogens with zero attached hydrogens (tertiary/aromatic N) is 4. The van der Waals surface area contributed by atoms with E-state index in [0.29, 0.717) is 6.54 Å². The third kappa shape index (κ3) is 6.35. The first kappa shape index (κ1) is 24.0. The summed E-state index contributed by atoms with van der Waals surface area (Å²) in [4.78, 5) is 11.5. The van der Waals surface area contributed by atoms with E-state index in [1.165, 1.54) is 16.8 Å². The molecule has 3 aromatic rings. The Balaban J connectivity index is 0.00000320. The van der Waals surface area contributed by atoms with Gasteiger partial charge in [0.05, 0.1) is 17.6 Å². The fraction of sp³-hybridized carbons (Fsp3) is 0.391. The Bertz CT molecular complexity index is 963. The summed E-state index contributed by atoms with van der Waals surface area (Å²) in [6, 6.07) is 16.8. The molecule has 162 valence electrons. The predicted molar refractivity (Wildman–Crippen MR) is 138 cm³/mol. The lowest BCUT2D eigenvalue weighted by Crippen LogP contribution is -2.38. The molecule has 0 aliphatic rings. The predicted octanol–water partition coefficient (Wildman–Crippen LogP) is 4.17. The van der Waals surface area contributed by atoms with E-state index >= 15 is 0 Å². The lowest BCUT2D eigenvalue weighted by atomic mass is 10.2. The van der Waals surface area contributed by atoms with E-state index < -0.39 is 0 Å². The fourth-order valence-corrected chi connectivity index (χ4v) is 3.37. The minimum atomic E-state index is 0. The number of aryl methyl sites for hydroxylation is 2. The summed E-state index contributed by atoms with van der Waals surface area (Å²) in [7, 11) is 4.11. The highest BCUT2D eigenvalue weighted by atomic mass is 127. The number of guanidine groups is 1. The van der Waals surface area contributed by atoms with Crippen LogP contribution in [0, 0.1) is 6.92 Å². The van der Waals surface area contributed by atoms with Gasteiger partial charge in [-0.25, -0.2) is 9.98 Å². The van der Waals surface area contributed by atoms with Crippen molar-refractivity contribution in [2.45, 2.75) is 33.4 Å². The number of aromatic nitrogens is 2. The lowest BCUT2D eigenvalue weighted by molar-refractivity contribution is 0.624. The first-order valence-electron chi connectivity index (χ1n) is 10.3. The van der Waals surface area contributed by atoms with Gasteiger partial charge in [-0.2, -0.15) is 0 Å². The van der Waals surface area contributed by atoms with Crippen LogP contribution in [0.2, 0.25) is 0 Å². The molecule has 0 amide bonds. The molecule has 0 fully saturated rings. The molecule has 0 aliphatic carbocycles. The van der Waals surface area contributed by atoms with E-state index in [1.54, 1.807) is 0 Å². The molecule has 1 heterocycles. The van der Waals surface area contributed by atoms with Crippen molar-refractivity contribution >= 4 is 46.7 Å². The number of halogens is 1. The van der Waals surface area contributed by atoms with Gasteiger partial charge in [-0.3, -0.25) is 0 Å². The molecule has 0 spiro atoms. The smallest absolute Gasteiger partial charge is 0.191 e. The first-order chi connectivity index (χ1) is 14.1. The molecule has 0 saturated carbocycles. The van der Waals surface area contributed by atoms with Crippen LogP contribution in [0.4, 0.5) is 5.69 Å². The Morgan fingerprint density at radius 3 is 2.67 bits per heavy atom. The molecule has 7 heteroatoms. The van der Waals surface area contributed by atoms with Gasteiger partial charge < -0.3 is 20.1 Å². The molecule has 0 radical (unpaired) electrons. The van der Waals surface area contributed by atoms with Crippen LogP contribution >= 0.6 is 24.0 Å². The number of imidazole rings is 1. The summed E-state index contributed by atoms with van der Waals surface area (Å²) in [6.07, 6.45) is 1.00. The molecule has 0 atom stereocenters. The van der Waals surface area contributed by atoms with Gasteiger partial charge in [-0.05, 0) is 50.1 Å². The fourth-order valence-electron chi connectivity index (χ4n) is 3.37. The average Bonchev–Trinajstić information content (AvgIpc) is 3.04. The average molecular weight is 520 g/mol. The first-order valence-corrected chi connectivity index (χ1v) is 10.3. The van der Waals surface area contributed by atoms with E-state index in [4.69, 9.17) is 4.99 Å². The number of aliphatic imine (C=N–C) groups is 1. The molecule has 1 aromatic heterocycles. The highest BCUT2D eigenvalue weighted by molar-refractivity contribution is 14.0. The molecule has 0 aliphatic heterocycles. The molecule has 2 aromatic carbocycles. The van der Waals surface area contributed by atoms with Gasteiger partial charge >= 0.3 is 0 Å². The SMILES string of the molecule is CCNC(=NCc1cccc(N(C)C)c1)NCCCn1c(C)nc2ccccc21.I. The summed E-state index contributed by atoms with van der Waals surface area (Å²) < 4.78 is 2.29. The second-order valence-electron chi connectivity index (χ2n) is 7.34. The topological polar surface area (TPSA) is 57.5 Å². The Morgan fingerprint density at radius 2 is 1.90 bits per heavy atom. The summed E-state index contributed by atoms with van der Waals surface area (Å²) in [5.41, 5.74) is 4.66. The summed E-state index contributed by atoms with van der Waals surface area (Å²) in [5.74, 6) is 1.92. The third-order valence-electron chi connectivity index (χ3n) is 4.89.